The number of benzene rings is 2. The molecular formula is C17H13BrN2O3. The fourth-order valence-electron chi connectivity index (χ4n) is 2.47. The summed E-state index contributed by atoms with van der Waals surface area (Å²) in [6, 6.07) is 17.5. The van der Waals surface area contributed by atoms with Gasteiger partial charge in [0.15, 0.2) is 6.20 Å². The Labute approximate surface area is 143 Å². The zero-order valence-electron chi connectivity index (χ0n) is 12.1. The van der Waals surface area contributed by atoms with Gasteiger partial charge in [-0.05, 0) is 18.2 Å². The standard InChI is InChI=1S/C17H13N2O3.BrH/c20-17(14-8-2-4-10-16(14)19(21)22)12-18-11-5-7-13-6-1-3-9-15(13)18;/h1-11H,12H2;1H/q+1;/p-1. The van der Waals surface area contributed by atoms with Gasteiger partial charge >= 0.3 is 0 Å². The van der Waals surface area contributed by atoms with Crippen LogP contribution >= 0.6 is 0 Å². The first-order valence-corrected chi connectivity index (χ1v) is 6.80. The largest absolute Gasteiger partial charge is 1.00 e. The molecule has 1 heterocycles. The third-order valence-electron chi connectivity index (χ3n) is 3.50. The second kappa shape index (κ2) is 7.11. The number of hydrogen-bond donors (Lipinski definition) is 0. The number of aromatic nitrogens is 1. The molecule has 0 bridgehead atoms. The van der Waals surface area contributed by atoms with Gasteiger partial charge in [0.2, 0.25) is 17.8 Å². The molecule has 3 rings (SSSR count). The van der Waals surface area contributed by atoms with Crippen LogP contribution in [0.4, 0.5) is 5.69 Å². The number of carbonyl (C=O) groups excluding carboxylic acids is 1. The summed E-state index contributed by atoms with van der Waals surface area (Å²) in [7, 11) is 0. The molecule has 0 radical (unpaired) electrons. The summed E-state index contributed by atoms with van der Waals surface area (Å²) >= 11 is 0. The molecule has 0 N–H and O–H groups in total. The SMILES string of the molecule is O=C(C[n+]1cccc2ccccc21)c1ccccc1[N+](=O)[O-].[Br-]. The smallest absolute Gasteiger partial charge is 0.280 e. The van der Waals surface area contributed by atoms with Gasteiger partial charge in [0.05, 0.1) is 4.92 Å². The van der Waals surface area contributed by atoms with Gasteiger partial charge in [0.25, 0.3) is 5.69 Å². The van der Waals surface area contributed by atoms with Gasteiger partial charge in [-0.15, -0.1) is 0 Å². The molecule has 0 atom stereocenters. The highest BCUT2D eigenvalue weighted by molar-refractivity contribution is 5.99. The Kier molecular flexibility index (Phi) is 5.18. The third-order valence-corrected chi connectivity index (χ3v) is 3.50. The number of carbonyl (C=O) groups is 1. The molecule has 0 amide bonds. The van der Waals surface area contributed by atoms with E-state index in [2.05, 4.69) is 0 Å². The van der Waals surface area contributed by atoms with Crippen molar-refractivity contribution < 1.29 is 31.3 Å². The maximum Gasteiger partial charge on any atom is 0.280 e. The van der Waals surface area contributed by atoms with Crippen molar-refractivity contribution in [2.45, 2.75) is 6.54 Å². The highest BCUT2D eigenvalue weighted by atomic mass is 79.9. The fraction of sp³-hybridized carbons (Fsp3) is 0.0588. The summed E-state index contributed by atoms with van der Waals surface area (Å²) in [4.78, 5) is 23.0. The molecule has 23 heavy (non-hydrogen) atoms. The van der Waals surface area contributed by atoms with E-state index in [0.29, 0.717) is 0 Å². The summed E-state index contributed by atoms with van der Waals surface area (Å²) in [5.41, 5.74) is 0.887. The van der Waals surface area contributed by atoms with Crippen LogP contribution in [0.25, 0.3) is 10.9 Å². The average molecular weight is 373 g/mol. The van der Waals surface area contributed by atoms with Crippen LogP contribution in [0.15, 0.2) is 66.9 Å². The Balaban J connectivity index is 0.00000192. The number of Topliss-reactive ketones (excluding diaryl/α,β-unsaturated/α-hetero) is 1. The van der Waals surface area contributed by atoms with Gasteiger partial charge in [-0.25, -0.2) is 0 Å². The van der Waals surface area contributed by atoms with E-state index in [0.717, 1.165) is 10.9 Å². The molecule has 0 aliphatic heterocycles. The van der Waals surface area contributed by atoms with Crippen molar-refractivity contribution in [2.75, 3.05) is 0 Å². The van der Waals surface area contributed by atoms with Crippen molar-refractivity contribution in [3.05, 3.63) is 82.5 Å². The molecule has 0 aliphatic rings. The van der Waals surface area contributed by atoms with Gasteiger partial charge in [-0.3, -0.25) is 14.9 Å². The van der Waals surface area contributed by atoms with E-state index in [-0.39, 0.29) is 40.6 Å². The van der Waals surface area contributed by atoms with Gasteiger partial charge in [-0.2, -0.15) is 4.57 Å². The van der Waals surface area contributed by atoms with Crippen LogP contribution in [0.3, 0.4) is 0 Å². The molecule has 5 nitrogen and oxygen atoms in total. The second-order valence-electron chi connectivity index (χ2n) is 4.89. The number of nitrogens with zero attached hydrogens (tertiary/aromatic N) is 2. The molecule has 1 aromatic heterocycles. The molecule has 0 aliphatic carbocycles. The van der Waals surface area contributed by atoms with Crippen molar-refractivity contribution in [2.24, 2.45) is 0 Å². The number of halogens is 1. The normalized spacial score (nSPS) is 10.1. The van der Waals surface area contributed by atoms with E-state index >= 15 is 0 Å². The zero-order valence-corrected chi connectivity index (χ0v) is 13.6. The maximum absolute atomic E-state index is 12.5. The monoisotopic (exact) mass is 372 g/mol. The van der Waals surface area contributed by atoms with Gasteiger partial charge < -0.3 is 17.0 Å². The first kappa shape index (κ1) is 16.8. The Bertz CT molecular complexity index is 875. The summed E-state index contributed by atoms with van der Waals surface area (Å²) in [5.74, 6) is -0.284. The lowest BCUT2D eigenvalue weighted by atomic mass is 10.1. The predicted octanol–water partition coefficient (Wildman–Crippen LogP) is -0.0776. The van der Waals surface area contributed by atoms with Gasteiger partial charge in [-0.1, -0.05) is 24.3 Å². The van der Waals surface area contributed by atoms with E-state index in [1.807, 2.05) is 36.4 Å². The number of ketones is 1. The quantitative estimate of drug-likeness (QED) is 0.278. The van der Waals surface area contributed by atoms with Gasteiger partial charge in [0, 0.05) is 23.6 Å². The van der Waals surface area contributed by atoms with E-state index in [1.165, 1.54) is 12.1 Å². The van der Waals surface area contributed by atoms with Crippen molar-refractivity contribution in [1.29, 1.82) is 0 Å². The minimum Gasteiger partial charge on any atom is -1.00 e. The van der Waals surface area contributed by atoms with Crippen LogP contribution in [-0.4, -0.2) is 10.7 Å². The minimum absolute atomic E-state index is 0. The molecular weight excluding hydrogens is 360 g/mol. The van der Waals surface area contributed by atoms with Crippen LogP contribution in [0, 0.1) is 10.1 Å². The number of rotatable bonds is 4. The molecule has 0 saturated heterocycles. The van der Waals surface area contributed by atoms with E-state index in [1.54, 1.807) is 22.9 Å². The van der Waals surface area contributed by atoms with E-state index in [9.17, 15) is 14.9 Å². The lowest BCUT2D eigenvalue weighted by Crippen LogP contribution is -3.00. The first-order chi connectivity index (χ1) is 10.7. The zero-order chi connectivity index (χ0) is 15.5. The highest BCUT2D eigenvalue weighted by Crippen LogP contribution is 2.18. The van der Waals surface area contributed by atoms with Gasteiger partial charge in [0.1, 0.15) is 5.56 Å². The van der Waals surface area contributed by atoms with Crippen molar-refractivity contribution >= 4 is 22.4 Å². The minimum atomic E-state index is -0.527. The lowest BCUT2D eigenvalue weighted by Gasteiger charge is -2.02. The number of hydrogen-bond acceptors (Lipinski definition) is 3. The molecule has 0 unspecified atom stereocenters. The molecule has 0 spiro atoms. The van der Waals surface area contributed by atoms with Crippen molar-refractivity contribution in [3.63, 3.8) is 0 Å². The molecule has 2 aromatic carbocycles. The Morgan fingerprint density at radius 1 is 1.00 bits per heavy atom. The summed E-state index contributed by atoms with van der Waals surface area (Å²) in [5, 5.41) is 12.1. The summed E-state index contributed by atoms with van der Waals surface area (Å²) in [6.07, 6.45) is 1.80. The molecule has 116 valence electrons. The highest BCUT2D eigenvalue weighted by Gasteiger charge is 2.22. The Morgan fingerprint density at radius 2 is 1.65 bits per heavy atom. The number of pyridine rings is 1. The van der Waals surface area contributed by atoms with E-state index in [4.69, 9.17) is 0 Å². The molecule has 0 saturated carbocycles. The average Bonchev–Trinajstić information content (AvgIpc) is 2.55. The second-order valence-corrected chi connectivity index (χ2v) is 4.89. The van der Waals surface area contributed by atoms with E-state index < -0.39 is 4.92 Å². The molecule has 6 heteroatoms. The summed E-state index contributed by atoms with van der Waals surface area (Å²) < 4.78 is 1.80. The topological polar surface area (TPSA) is 64.1 Å². The van der Waals surface area contributed by atoms with Crippen LogP contribution < -0.4 is 21.5 Å². The van der Waals surface area contributed by atoms with Crippen molar-refractivity contribution in [1.82, 2.24) is 0 Å². The summed E-state index contributed by atoms with van der Waals surface area (Å²) in [6.45, 7) is 0.0617. The number of para-hydroxylation sites is 2. The molecule has 0 fully saturated rings. The van der Waals surface area contributed by atoms with Crippen LogP contribution in [0.1, 0.15) is 10.4 Å². The number of nitro benzene ring substituents is 1. The number of nitro groups is 1. The van der Waals surface area contributed by atoms with Crippen LogP contribution in [-0.2, 0) is 6.54 Å². The predicted molar refractivity (Wildman–Crippen MR) is 81.6 cm³/mol. The van der Waals surface area contributed by atoms with Crippen molar-refractivity contribution in [3.8, 4) is 0 Å². The third kappa shape index (κ3) is 3.43. The number of fused-ring (bicyclic) bond motifs is 1. The Morgan fingerprint density at radius 3 is 2.43 bits per heavy atom. The van der Waals surface area contributed by atoms with Crippen LogP contribution in [0.5, 0.6) is 0 Å². The fourth-order valence-corrected chi connectivity index (χ4v) is 2.47. The lowest BCUT2D eigenvalue weighted by molar-refractivity contribution is -0.657. The van der Waals surface area contributed by atoms with Crippen LogP contribution in [0.2, 0.25) is 0 Å². The first-order valence-electron chi connectivity index (χ1n) is 6.80. The molecule has 3 aromatic rings. The Hall–Kier alpha value is -2.60. The maximum atomic E-state index is 12.5.